The summed E-state index contributed by atoms with van der Waals surface area (Å²) in [5.41, 5.74) is 0. The molecule has 28 heavy (non-hydrogen) atoms. The summed E-state index contributed by atoms with van der Waals surface area (Å²) < 4.78 is 5.36. The van der Waals surface area contributed by atoms with Crippen LogP contribution in [0.2, 0.25) is 0 Å². The van der Waals surface area contributed by atoms with Gasteiger partial charge in [-0.15, -0.1) is 0 Å². The van der Waals surface area contributed by atoms with Crippen molar-refractivity contribution in [2.75, 3.05) is 6.61 Å². The molecule has 0 amide bonds. The predicted molar refractivity (Wildman–Crippen MR) is 124 cm³/mol. The van der Waals surface area contributed by atoms with Crippen molar-refractivity contribution in [1.82, 2.24) is 0 Å². The topological polar surface area (TPSA) is 26.3 Å². The summed E-state index contributed by atoms with van der Waals surface area (Å²) in [5.74, 6) is 0.834. The van der Waals surface area contributed by atoms with Crippen LogP contribution in [0.4, 0.5) is 0 Å². The van der Waals surface area contributed by atoms with Gasteiger partial charge in [-0.2, -0.15) is 0 Å². The predicted octanol–water partition coefficient (Wildman–Crippen LogP) is 9.01. The molecule has 0 saturated carbocycles. The second kappa shape index (κ2) is 22.8. The number of hydrogen-bond donors (Lipinski definition) is 0. The first-order chi connectivity index (χ1) is 13.7. The van der Waals surface area contributed by atoms with E-state index in [1.54, 1.807) is 0 Å². The Kier molecular flexibility index (Phi) is 22.3. The average Bonchev–Trinajstić information content (AvgIpc) is 2.67. The van der Waals surface area contributed by atoms with Gasteiger partial charge < -0.3 is 4.74 Å². The molecule has 0 aromatic carbocycles. The van der Waals surface area contributed by atoms with Crippen molar-refractivity contribution < 1.29 is 9.53 Å². The summed E-state index contributed by atoms with van der Waals surface area (Å²) >= 11 is 0. The van der Waals surface area contributed by atoms with E-state index in [0.29, 0.717) is 13.0 Å². The van der Waals surface area contributed by atoms with Crippen molar-refractivity contribution in [2.24, 2.45) is 5.92 Å². The van der Waals surface area contributed by atoms with Gasteiger partial charge in [0.1, 0.15) is 0 Å². The molecule has 0 spiro atoms. The molecule has 0 atom stereocenters. The number of hydrogen-bond acceptors (Lipinski definition) is 2. The molecule has 0 radical (unpaired) electrons. The summed E-state index contributed by atoms with van der Waals surface area (Å²) in [6.45, 7) is 7.48. The highest BCUT2D eigenvalue weighted by molar-refractivity contribution is 5.69. The third kappa shape index (κ3) is 23.5. The first-order valence-electron chi connectivity index (χ1n) is 12.8. The van der Waals surface area contributed by atoms with E-state index in [2.05, 4.69) is 20.8 Å². The van der Waals surface area contributed by atoms with Crippen LogP contribution in [0.15, 0.2) is 0 Å². The van der Waals surface area contributed by atoms with Crippen molar-refractivity contribution >= 4 is 5.97 Å². The lowest BCUT2D eigenvalue weighted by Crippen LogP contribution is -2.05. The Balaban J connectivity index is 3.14. The van der Waals surface area contributed by atoms with Gasteiger partial charge in [0.2, 0.25) is 0 Å². The molecule has 2 heteroatoms. The molecule has 0 unspecified atom stereocenters. The smallest absolute Gasteiger partial charge is 0.305 e. The fourth-order valence-corrected chi connectivity index (χ4v) is 3.73. The summed E-state index contributed by atoms with van der Waals surface area (Å²) in [4.78, 5) is 11.7. The molecule has 0 saturated heterocycles. The standard InChI is InChI=1S/C26H52O2/c1-4-5-6-7-8-9-10-11-12-13-14-18-21-24-28-26(27)23-20-17-15-16-19-22-25(2)3/h25H,4-24H2,1-3H3. The molecule has 0 N–H and O–H groups in total. The maximum atomic E-state index is 11.7. The minimum Gasteiger partial charge on any atom is -0.466 e. The Morgan fingerprint density at radius 1 is 0.607 bits per heavy atom. The molecule has 0 fully saturated rings. The van der Waals surface area contributed by atoms with Crippen LogP contribution in [0.3, 0.4) is 0 Å². The third-order valence-corrected chi connectivity index (χ3v) is 5.67. The minimum absolute atomic E-state index is 0.0149. The zero-order valence-electron chi connectivity index (χ0n) is 19.7. The highest BCUT2D eigenvalue weighted by Gasteiger charge is 2.02. The van der Waals surface area contributed by atoms with Gasteiger partial charge in [0, 0.05) is 6.42 Å². The quantitative estimate of drug-likeness (QED) is 0.135. The van der Waals surface area contributed by atoms with Crippen LogP contribution in [0, 0.1) is 5.92 Å². The van der Waals surface area contributed by atoms with E-state index in [9.17, 15) is 4.79 Å². The zero-order valence-corrected chi connectivity index (χ0v) is 19.7. The number of carbonyl (C=O) groups is 1. The molecular formula is C26H52O2. The van der Waals surface area contributed by atoms with Crippen LogP contribution in [0.5, 0.6) is 0 Å². The maximum absolute atomic E-state index is 11.7. The summed E-state index contributed by atoms with van der Waals surface area (Å²) in [5, 5.41) is 0. The monoisotopic (exact) mass is 396 g/mol. The Morgan fingerprint density at radius 2 is 1.04 bits per heavy atom. The normalized spacial score (nSPS) is 11.3. The molecule has 0 aromatic heterocycles. The Bertz CT molecular complexity index is 312. The van der Waals surface area contributed by atoms with Gasteiger partial charge in [0.15, 0.2) is 0 Å². The summed E-state index contributed by atoms with van der Waals surface area (Å²) in [6.07, 6.45) is 25.6. The lowest BCUT2D eigenvalue weighted by molar-refractivity contribution is -0.143. The highest BCUT2D eigenvalue weighted by Crippen LogP contribution is 2.13. The fourth-order valence-electron chi connectivity index (χ4n) is 3.73. The first kappa shape index (κ1) is 27.5. The van der Waals surface area contributed by atoms with E-state index in [1.165, 1.54) is 109 Å². The van der Waals surface area contributed by atoms with E-state index >= 15 is 0 Å². The van der Waals surface area contributed by atoms with Crippen LogP contribution in [0.25, 0.3) is 0 Å². The van der Waals surface area contributed by atoms with Crippen LogP contribution < -0.4 is 0 Å². The number of unbranched alkanes of at least 4 members (excludes halogenated alkanes) is 16. The summed E-state index contributed by atoms with van der Waals surface area (Å²) in [7, 11) is 0. The number of carbonyl (C=O) groups excluding carboxylic acids is 1. The molecule has 0 aliphatic carbocycles. The second-order valence-electron chi connectivity index (χ2n) is 9.16. The molecule has 2 nitrogen and oxygen atoms in total. The molecule has 0 heterocycles. The largest absolute Gasteiger partial charge is 0.466 e. The van der Waals surface area contributed by atoms with Crippen LogP contribution in [0.1, 0.15) is 149 Å². The van der Waals surface area contributed by atoms with Gasteiger partial charge in [-0.3, -0.25) is 4.79 Å². The first-order valence-corrected chi connectivity index (χ1v) is 12.8. The Morgan fingerprint density at radius 3 is 1.54 bits per heavy atom. The lowest BCUT2D eigenvalue weighted by atomic mass is 10.0. The minimum atomic E-state index is 0.0149. The highest BCUT2D eigenvalue weighted by atomic mass is 16.5. The van der Waals surface area contributed by atoms with Gasteiger partial charge in [-0.25, -0.2) is 0 Å². The van der Waals surface area contributed by atoms with Gasteiger partial charge in [0.05, 0.1) is 6.61 Å². The van der Waals surface area contributed by atoms with Gasteiger partial charge >= 0.3 is 5.97 Å². The van der Waals surface area contributed by atoms with Crippen molar-refractivity contribution in [1.29, 1.82) is 0 Å². The Labute approximate surface area is 177 Å². The number of esters is 1. The molecule has 0 bridgehead atoms. The molecule has 0 aliphatic rings. The Hall–Kier alpha value is -0.530. The van der Waals surface area contributed by atoms with Gasteiger partial charge in [-0.05, 0) is 18.8 Å². The average molecular weight is 397 g/mol. The van der Waals surface area contributed by atoms with E-state index in [-0.39, 0.29) is 5.97 Å². The van der Waals surface area contributed by atoms with Crippen molar-refractivity contribution in [3.05, 3.63) is 0 Å². The molecular weight excluding hydrogens is 344 g/mol. The van der Waals surface area contributed by atoms with Crippen molar-refractivity contribution in [3.8, 4) is 0 Å². The second-order valence-corrected chi connectivity index (χ2v) is 9.16. The lowest BCUT2D eigenvalue weighted by Gasteiger charge is -2.06. The van der Waals surface area contributed by atoms with E-state index in [1.807, 2.05) is 0 Å². The number of ether oxygens (including phenoxy) is 1. The van der Waals surface area contributed by atoms with E-state index in [4.69, 9.17) is 4.74 Å². The molecule has 168 valence electrons. The van der Waals surface area contributed by atoms with Crippen molar-refractivity contribution in [3.63, 3.8) is 0 Å². The van der Waals surface area contributed by atoms with Gasteiger partial charge in [-0.1, -0.05) is 130 Å². The van der Waals surface area contributed by atoms with Crippen LogP contribution in [-0.4, -0.2) is 12.6 Å². The zero-order chi connectivity index (χ0) is 20.7. The van der Waals surface area contributed by atoms with Crippen LogP contribution in [-0.2, 0) is 9.53 Å². The molecule has 0 aliphatic heterocycles. The van der Waals surface area contributed by atoms with Gasteiger partial charge in [0.25, 0.3) is 0 Å². The maximum Gasteiger partial charge on any atom is 0.305 e. The fraction of sp³-hybridized carbons (Fsp3) is 0.962. The SMILES string of the molecule is CCCCCCCCCCCCCCCOC(=O)CCCCCCCC(C)C. The summed E-state index contributed by atoms with van der Waals surface area (Å²) in [6, 6.07) is 0. The molecule has 0 rings (SSSR count). The van der Waals surface area contributed by atoms with Crippen molar-refractivity contribution in [2.45, 2.75) is 149 Å². The molecule has 0 aromatic rings. The van der Waals surface area contributed by atoms with E-state index in [0.717, 1.165) is 18.8 Å². The number of rotatable bonds is 22. The third-order valence-electron chi connectivity index (χ3n) is 5.67. The van der Waals surface area contributed by atoms with Crippen LogP contribution >= 0.6 is 0 Å². The van der Waals surface area contributed by atoms with E-state index < -0.39 is 0 Å².